The minimum absolute atomic E-state index is 0.152. The van der Waals surface area contributed by atoms with Crippen LogP contribution in [0.4, 0.5) is 4.79 Å². The smallest absolute Gasteiger partial charge is 0.409 e. The van der Waals surface area contributed by atoms with Crippen molar-refractivity contribution >= 4 is 6.09 Å². The molecule has 0 radical (unpaired) electrons. The van der Waals surface area contributed by atoms with Crippen LogP contribution in [-0.4, -0.2) is 30.7 Å². The first-order valence-corrected chi connectivity index (χ1v) is 7.94. The molecule has 1 amide bonds. The highest BCUT2D eigenvalue weighted by Gasteiger charge is 2.29. The van der Waals surface area contributed by atoms with E-state index in [0.29, 0.717) is 6.61 Å². The zero-order valence-corrected chi connectivity index (χ0v) is 12.5. The molecule has 0 bridgehead atoms. The maximum Gasteiger partial charge on any atom is 0.409 e. The van der Waals surface area contributed by atoms with Gasteiger partial charge in [-0.25, -0.2) is 4.79 Å². The van der Waals surface area contributed by atoms with E-state index < -0.39 is 0 Å². The van der Waals surface area contributed by atoms with Crippen LogP contribution in [0, 0.1) is 0 Å². The number of fused-ring (bicyclic) bond motifs is 3. The topological polar surface area (TPSA) is 29.5 Å². The summed E-state index contributed by atoms with van der Waals surface area (Å²) in [4.78, 5) is 13.9. The SMILES string of the molecule is O=C(OCC1c2ccccc2-c2ccccc21)N1CCCC1. The molecule has 1 saturated heterocycles. The standard InChI is InChI=1S/C19H19NO2/c21-19(20-11-5-6-12-20)22-13-18-16-9-3-1-7-14(16)15-8-2-4-10-17(15)18/h1-4,7-10,18H,5-6,11-13H2. The van der Waals surface area contributed by atoms with Crippen molar-refractivity contribution in [3.63, 3.8) is 0 Å². The molecule has 2 aromatic carbocycles. The van der Waals surface area contributed by atoms with Gasteiger partial charge in [-0.1, -0.05) is 48.5 Å². The van der Waals surface area contributed by atoms with Gasteiger partial charge in [0, 0.05) is 19.0 Å². The molecule has 0 spiro atoms. The molecule has 1 aliphatic heterocycles. The molecule has 112 valence electrons. The van der Waals surface area contributed by atoms with Crippen LogP contribution in [0.25, 0.3) is 11.1 Å². The van der Waals surface area contributed by atoms with Crippen LogP contribution in [0.1, 0.15) is 29.9 Å². The first-order valence-electron chi connectivity index (χ1n) is 7.94. The van der Waals surface area contributed by atoms with E-state index in [1.807, 2.05) is 4.90 Å². The van der Waals surface area contributed by atoms with Crippen molar-refractivity contribution in [2.75, 3.05) is 19.7 Å². The van der Waals surface area contributed by atoms with Crippen LogP contribution < -0.4 is 0 Å². The normalized spacial score (nSPS) is 16.5. The predicted molar refractivity (Wildman–Crippen MR) is 85.9 cm³/mol. The maximum atomic E-state index is 12.1. The number of benzene rings is 2. The number of rotatable bonds is 2. The minimum Gasteiger partial charge on any atom is -0.448 e. The van der Waals surface area contributed by atoms with Gasteiger partial charge in [0.1, 0.15) is 6.61 Å². The van der Waals surface area contributed by atoms with Gasteiger partial charge in [0.15, 0.2) is 0 Å². The Morgan fingerprint density at radius 1 is 0.955 bits per heavy atom. The number of nitrogens with zero attached hydrogens (tertiary/aromatic N) is 1. The van der Waals surface area contributed by atoms with Gasteiger partial charge in [0.2, 0.25) is 0 Å². The molecule has 0 N–H and O–H groups in total. The van der Waals surface area contributed by atoms with Crippen LogP contribution in [0.5, 0.6) is 0 Å². The highest BCUT2D eigenvalue weighted by atomic mass is 16.6. The lowest BCUT2D eigenvalue weighted by Crippen LogP contribution is -2.29. The van der Waals surface area contributed by atoms with E-state index in [0.717, 1.165) is 25.9 Å². The summed E-state index contributed by atoms with van der Waals surface area (Å²) in [5.41, 5.74) is 5.05. The first-order chi connectivity index (χ1) is 10.8. The van der Waals surface area contributed by atoms with Crippen LogP contribution in [0.3, 0.4) is 0 Å². The number of hydrogen-bond donors (Lipinski definition) is 0. The summed E-state index contributed by atoms with van der Waals surface area (Å²) < 4.78 is 5.61. The number of amides is 1. The van der Waals surface area contributed by atoms with Crippen LogP contribution >= 0.6 is 0 Å². The number of ether oxygens (including phenoxy) is 1. The van der Waals surface area contributed by atoms with E-state index in [9.17, 15) is 4.79 Å². The molecule has 1 heterocycles. The number of likely N-dealkylation sites (tertiary alicyclic amines) is 1. The Morgan fingerprint density at radius 2 is 1.50 bits per heavy atom. The van der Waals surface area contributed by atoms with Gasteiger partial charge in [0.05, 0.1) is 0 Å². The number of carbonyl (C=O) groups is 1. The van der Waals surface area contributed by atoms with Gasteiger partial charge in [0.25, 0.3) is 0 Å². The Bertz CT molecular complexity index is 659. The molecule has 2 aromatic rings. The highest BCUT2D eigenvalue weighted by Crippen LogP contribution is 2.44. The molecule has 0 unspecified atom stereocenters. The Labute approximate surface area is 130 Å². The third-order valence-electron chi connectivity index (χ3n) is 4.70. The van der Waals surface area contributed by atoms with Crippen LogP contribution in [-0.2, 0) is 4.74 Å². The first kappa shape index (κ1) is 13.4. The fourth-order valence-corrected chi connectivity index (χ4v) is 3.59. The summed E-state index contributed by atoms with van der Waals surface area (Å²) >= 11 is 0. The summed E-state index contributed by atoms with van der Waals surface area (Å²) in [6.45, 7) is 2.08. The Balaban J connectivity index is 1.57. The Morgan fingerprint density at radius 3 is 2.09 bits per heavy atom. The third kappa shape index (κ3) is 2.17. The molecule has 1 aliphatic carbocycles. The molecule has 0 saturated carbocycles. The zero-order valence-electron chi connectivity index (χ0n) is 12.5. The molecular weight excluding hydrogens is 274 g/mol. The summed E-state index contributed by atoms with van der Waals surface area (Å²) in [7, 11) is 0. The molecule has 3 nitrogen and oxygen atoms in total. The van der Waals surface area contributed by atoms with Crippen molar-refractivity contribution in [1.82, 2.24) is 4.90 Å². The van der Waals surface area contributed by atoms with E-state index in [1.165, 1.54) is 22.3 Å². The fraction of sp³-hybridized carbons (Fsp3) is 0.316. The number of carbonyl (C=O) groups excluding carboxylic acids is 1. The van der Waals surface area contributed by atoms with E-state index in [4.69, 9.17) is 4.74 Å². The second-order valence-corrected chi connectivity index (χ2v) is 6.00. The average molecular weight is 293 g/mol. The van der Waals surface area contributed by atoms with Crippen LogP contribution in [0.2, 0.25) is 0 Å². The lowest BCUT2D eigenvalue weighted by molar-refractivity contribution is 0.108. The second-order valence-electron chi connectivity index (χ2n) is 6.00. The van der Waals surface area contributed by atoms with Gasteiger partial charge in [-0.15, -0.1) is 0 Å². The molecular formula is C19H19NO2. The lowest BCUT2D eigenvalue weighted by atomic mass is 9.98. The zero-order chi connectivity index (χ0) is 14.9. The molecule has 1 fully saturated rings. The quantitative estimate of drug-likeness (QED) is 0.836. The largest absolute Gasteiger partial charge is 0.448 e. The van der Waals surface area contributed by atoms with Crippen molar-refractivity contribution < 1.29 is 9.53 Å². The predicted octanol–water partition coefficient (Wildman–Crippen LogP) is 4.03. The van der Waals surface area contributed by atoms with E-state index in [1.54, 1.807) is 0 Å². The second kappa shape index (κ2) is 5.48. The third-order valence-corrected chi connectivity index (χ3v) is 4.70. The van der Waals surface area contributed by atoms with Gasteiger partial charge in [-0.05, 0) is 35.1 Å². The van der Waals surface area contributed by atoms with E-state index in [-0.39, 0.29) is 12.0 Å². The summed E-state index contributed by atoms with van der Waals surface area (Å²) in [6, 6.07) is 16.8. The van der Waals surface area contributed by atoms with Gasteiger partial charge < -0.3 is 9.64 Å². The Hall–Kier alpha value is -2.29. The van der Waals surface area contributed by atoms with Gasteiger partial charge >= 0.3 is 6.09 Å². The fourth-order valence-electron chi connectivity index (χ4n) is 3.59. The van der Waals surface area contributed by atoms with Crippen molar-refractivity contribution in [2.24, 2.45) is 0 Å². The van der Waals surface area contributed by atoms with E-state index in [2.05, 4.69) is 48.5 Å². The summed E-state index contributed by atoms with van der Waals surface area (Å²) in [5, 5.41) is 0. The Kier molecular flexibility index (Phi) is 3.34. The summed E-state index contributed by atoms with van der Waals surface area (Å²) in [5.74, 6) is 0.152. The van der Waals surface area contributed by atoms with Gasteiger partial charge in [-0.3, -0.25) is 0 Å². The van der Waals surface area contributed by atoms with Crippen molar-refractivity contribution in [2.45, 2.75) is 18.8 Å². The van der Waals surface area contributed by atoms with E-state index >= 15 is 0 Å². The summed E-state index contributed by atoms with van der Waals surface area (Å²) in [6.07, 6.45) is 2.01. The minimum atomic E-state index is -0.167. The molecule has 3 heteroatoms. The number of hydrogen-bond acceptors (Lipinski definition) is 2. The average Bonchev–Trinajstić information content (AvgIpc) is 3.20. The molecule has 2 aliphatic rings. The lowest BCUT2D eigenvalue weighted by Gasteiger charge is -2.18. The molecule has 4 rings (SSSR count). The van der Waals surface area contributed by atoms with Crippen LogP contribution in [0.15, 0.2) is 48.5 Å². The van der Waals surface area contributed by atoms with Crippen molar-refractivity contribution in [1.29, 1.82) is 0 Å². The van der Waals surface area contributed by atoms with Gasteiger partial charge in [-0.2, -0.15) is 0 Å². The van der Waals surface area contributed by atoms with Crippen molar-refractivity contribution in [3.8, 4) is 11.1 Å². The van der Waals surface area contributed by atoms with Crippen molar-refractivity contribution in [3.05, 3.63) is 59.7 Å². The molecule has 0 atom stereocenters. The highest BCUT2D eigenvalue weighted by molar-refractivity contribution is 5.79. The molecule has 0 aromatic heterocycles. The maximum absolute atomic E-state index is 12.1. The molecule has 22 heavy (non-hydrogen) atoms. The monoisotopic (exact) mass is 293 g/mol.